The van der Waals surface area contributed by atoms with Gasteiger partial charge in [0.05, 0.1) is 0 Å². The summed E-state index contributed by atoms with van der Waals surface area (Å²) in [4.78, 5) is 0. The summed E-state index contributed by atoms with van der Waals surface area (Å²) >= 11 is 0. The molecule has 0 bridgehead atoms. The zero-order valence-corrected chi connectivity index (χ0v) is 13.8. The van der Waals surface area contributed by atoms with Crippen molar-refractivity contribution in [3.8, 4) is 0 Å². The van der Waals surface area contributed by atoms with Crippen LogP contribution in [0.4, 0.5) is 5.69 Å². The lowest BCUT2D eigenvalue weighted by Crippen LogP contribution is -2.22. The van der Waals surface area contributed by atoms with Crippen LogP contribution in [0.5, 0.6) is 0 Å². The Hall–Kier alpha value is -2.11. The summed E-state index contributed by atoms with van der Waals surface area (Å²) in [6, 6.07) is 28.3. The third-order valence-electron chi connectivity index (χ3n) is 3.69. The molecule has 0 atom stereocenters. The zero-order valence-electron chi connectivity index (χ0n) is 13.0. The normalized spacial score (nSPS) is 10.7. The van der Waals surface area contributed by atoms with Gasteiger partial charge < -0.3 is 5.32 Å². The van der Waals surface area contributed by atoms with Gasteiger partial charge in [0.15, 0.2) is 0 Å². The summed E-state index contributed by atoms with van der Waals surface area (Å²) in [6.07, 6.45) is 0. The molecule has 0 heterocycles. The van der Waals surface area contributed by atoms with Crippen molar-refractivity contribution in [2.75, 3.05) is 12.4 Å². The second-order valence-corrected chi connectivity index (χ2v) is 7.46. The molecule has 0 aliphatic rings. The van der Waals surface area contributed by atoms with Crippen LogP contribution >= 0.6 is 7.92 Å². The summed E-state index contributed by atoms with van der Waals surface area (Å²) in [5.41, 5.74) is 2.50. The van der Waals surface area contributed by atoms with Gasteiger partial charge in [-0.15, -0.1) is 0 Å². The number of benzene rings is 3. The maximum atomic E-state index is 3.37. The SMILES string of the molecule is CNc1cc(C)ccc1P(c1ccccc1)c1ccccc1. The second-order valence-electron chi connectivity index (χ2n) is 5.28. The molecule has 0 fully saturated rings. The van der Waals surface area contributed by atoms with E-state index in [9.17, 15) is 0 Å². The standard InChI is InChI=1S/C20H20NP/c1-16-13-14-20(19(15-16)21-2)22(17-9-5-3-6-10-17)18-11-7-4-8-12-18/h3-15,21H,1-2H3. The minimum Gasteiger partial charge on any atom is -0.388 e. The molecular weight excluding hydrogens is 285 g/mol. The molecule has 3 rings (SSSR count). The van der Waals surface area contributed by atoms with Gasteiger partial charge in [0.25, 0.3) is 0 Å². The lowest BCUT2D eigenvalue weighted by Gasteiger charge is -2.22. The fourth-order valence-electron chi connectivity index (χ4n) is 2.63. The van der Waals surface area contributed by atoms with Crippen LogP contribution in [0.15, 0.2) is 78.9 Å². The van der Waals surface area contributed by atoms with Crippen molar-refractivity contribution in [1.29, 1.82) is 0 Å². The lowest BCUT2D eigenvalue weighted by molar-refractivity contribution is 1.45. The zero-order chi connectivity index (χ0) is 15.4. The largest absolute Gasteiger partial charge is 0.388 e. The van der Waals surface area contributed by atoms with E-state index in [0.717, 1.165) is 0 Å². The highest BCUT2D eigenvalue weighted by Gasteiger charge is 2.18. The molecule has 0 aliphatic carbocycles. The average molecular weight is 305 g/mol. The summed E-state index contributed by atoms with van der Waals surface area (Å²) in [7, 11) is 1.45. The van der Waals surface area contributed by atoms with Crippen LogP contribution in [0.1, 0.15) is 5.56 Å². The van der Waals surface area contributed by atoms with Crippen molar-refractivity contribution in [3.63, 3.8) is 0 Å². The van der Waals surface area contributed by atoms with Crippen molar-refractivity contribution in [2.45, 2.75) is 6.92 Å². The number of hydrogen-bond acceptors (Lipinski definition) is 1. The van der Waals surface area contributed by atoms with Crippen LogP contribution in [0, 0.1) is 6.92 Å². The first-order valence-electron chi connectivity index (χ1n) is 7.48. The molecule has 1 N–H and O–H groups in total. The lowest BCUT2D eigenvalue weighted by atomic mass is 10.2. The molecule has 0 saturated heterocycles. The molecule has 0 amide bonds. The van der Waals surface area contributed by atoms with Gasteiger partial charge in [0.2, 0.25) is 0 Å². The first-order valence-corrected chi connectivity index (χ1v) is 8.82. The van der Waals surface area contributed by atoms with E-state index in [1.165, 1.54) is 27.2 Å². The van der Waals surface area contributed by atoms with Gasteiger partial charge in [-0.05, 0) is 37.1 Å². The number of aryl methyl sites for hydroxylation is 1. The van der Waals surface area contributed by atoms with Gasteiger partial charge in [0.1, 0.15) is 0 Å². The molecule has 22 heavy (non-hydrogen) atoms. The highest BCUT2D eigenvalue weighted by molar-refractivity contribution is 7.80. The second kappa shape index (κ2) is 6.77. The Morgan fingerprint density at radius 3 is 1.77 bits per heavy atom. The molecule has 0 saturated carbocycles. The van der Waals surface area contributed by atoms with Gasteiger partial charge >= 0.3 is 0 Å². The Labute approximate surface area is 133 Å². The maximum Gasteiger partial charge on any atom is 0.0425 e. The van der Waals surface area contributed by atoms with Gasteiger partial charge in [0, 0.05) is 18.0 Å². The Balaban J connectivity index is 2.19. The van der Waals surface area contributed by atoms with Crippen molar-refractivity contribution in [1.82, 2.24) is 0 Å². The van der Waals surface area contributed by atoms with E-state index < -0.39 is 7.92 Å². The molecule has 0 unspecified atom stereocenters. The van der Waals surface area contributed by atoms with Crippen molar-refractivity contribution in [2.24, 2.45) is 0 Å². The maximum absolute atomic E-state index is 3.37. The first kappa shape index (κ1) is 14.8. The van der Waals surface area contributed by atoms with Crippen LogP contribution in [0.2, 0.25) is 0 Å². The Morgan fingerprint density at radius 1 is 0.727 bits per heavy atom. The van der Waals surface area contributed by atoms with E-state index in [0.29, 0.717) is 0 Å². The monoisotopic (exact) mass is 305 g/mol. The minimum absolute atomic E-state index is 0.547. The van der Waals surface area contributed by atoms with Gasteiger partial charge in [-0.1, -0.05) is 72.8 Å². The van der Waals surface area contributed by atoms with E-state index in [1.807, 2.05) is 7.05 Å². The minimum atomic E-state index is -0.547. The fourth-order valence-corrected chi connectivity index (χ4v) is 5.06. The Bertz CT molecular complexity index is 699. The van der Waals surface area contributed by atoms with E-state index in [-0.39, 0.29) is 0 Å². The molecule has 3 aromatic carbocycles. The quantitative estimate of drug-likeness (QED) is 0.723. The molecule has 2 heteroatoms. The number of nitrogens with one attached hydrogen (secondary N) is 1. The topological polar surface area (TPSA) is 12.0 Å². The van der Waals surface area contributed by atoms with E-state index >= 15 is 0 Å². The third-order valence-corrected chi connectivity index (χ3v) is 6.19. The summed E-state index contributed by atoms with van der Waals surface area (Å²) in [5, 5.41) is 7.51. The van der Waals surface area contributed by atoms with Crippen LogP contribution in [0.25, 0.3) is 0 Å². The van der Waals surface area contributed by atoms with Gasteiger partial charge in [-0.3, -0.25) is 0 Å². The number of anilines is 1. The smallest absolute Gasteiger partial charge is 0.0425 e. The fraction of sp³-hybridized carbons (Fsp3) is 0.100. The van der Waals surface area contributed by atoms with Crippen LogP contribution < -0.4 is 21.2 Å². The highest BCUT2D eigenvalue weighted by atomic mass is 31.1. The summed E-state index contributed by atoms with van der Waals surface area (Å²) < 4.78 is 0. The summed E-state index contributed by atoms with van der Waals surface area (Å²) in [5.74, 6) is 0. The van der Waals surface area contributed by atoms with Gasteiger partial charge in [-0.25, -0.2) is 0 Å². The molecule has 110 valence electrons. The van der Waals surface area contributed by atoms with E-state index in [2.05, 4.69) is 91.1 Å². The molecular formula is C20H20NP. The average Bonchev–Trinajstić information content (AvgIpc) is 2.58. The predicted molar refractivity (Wildman–Crippen MR) is 99.4 cm³/mol. The van der Waals surface area contributed by atoms with Crippen molar-refractivity contribution >= 4 is 29.5 Å². The summed E-state index contributed by atoms with van der Waals surface area (Å²) in [6.45, 7) is 2.14. The van der Waals surface area contributed by atoms with Gasteiger partial charge in [-0.2, -0.15) is 0 Å². The van der Waals surface area contributed by atoms with Crippen LogP contribution in [-0.2, 0) is 0 Å². The number of rotatable bonds is 4. The third kappa shape index (κ3) is 3.05. The predicted octanol–water partition coefficient (Wildman–Crippen LogP) is 3.79. The van der Waals surface area contributed by atoms with Crippen LogP contribution in [-0.4, -0.2) is 7.05 Å². The number of hydrogen-bond donors (Lipinski definition) is 1. The highest BCUT2D eigenvalue weighted by Crippen LogP contribution is 2.35. The molecule has 0 radical (unpaired) electrons. The first-order chi connectivity index (χ1) is 10.8. The molecule has 1 nitrogen and oxygen atoms in total. The van der Waals surface area contributed by atoms with Crippen molar-refractivity contribution in [3.05, 3.63) is 84.4 Å². The molecule has 0 aromatic heterocycles. The van der Waals surface area contributed by atoms with E-state index in [4.69, 9.17) is 0 Å². The Kier molecular flexibility index (Phi) is 4.56. The molecule has 0 aliphatic heterocycles. The molecule has 3 aromatic rings. The molecule has 0 spiro atoms. The van der Waals surface area contributed by atoms with E-state index in [1.54, 1.807) is 0 Å². The van der Waals surface area contributed by atoms with Crippen molar-refractivity contribution < 1.29 is 0 Å². The Morgan fingerprint density at radius 2 is 1.27 bits per heavy atom. The van der Waals surface area contributed by atoms with Crippen LogP contribution in [0.3, 0.4) is 0 Å².